The van der Waals surface area contributed by atoms with Crippen LogP contribution in [0.5, 0.6) is 0 Å². The van der Waals surface area contributed by atoms with Crippen molar-refractivity contribution in [3.8, 4) is 0 Å². The van der Waals surface area contributed by atoms with Crippen molar-refractivity contribution in [2.75, 3.05) is 7.05 Å². The number of aliphatic imine (C=N–C) groups is 1. The van der Waals surface area contributed by atoms with Crippen LogP contribution in [0.3, 0.4) is 0 Å². The molecule has 6 heteroatoms. The number of aryl methyl sites for hydroxylation is 1. The van der Waals surface area contributed by atoms with Gasteiger partial charge in [-0.2, -0.15) is 0 Å². The van der Waals surface area contributed by atoms with Gasteiger partial charge >= 0.3 is 0 Å². The quantitative estimate of drug-likeness (QED) is 0.395. The lowest BCUT2D eigenvalue weighted by Crippen LogP contribution is -2.30. The fraction of sp³-hybridized carbons (Fsp3) is 0.429. The van der Waals surface area contributed by atoms with E-state index in [0.29, 0.717) is 12.5 Å². The van der Waals surface area contributed by atoms with Crippen molar-refractivity contribution in [1.29, 1.82) is 0 Å². The van der Waals surface area contributed by atoms with Crippen LogP contribution in [-0.4, -0.2) is 22.8 Å². The molecule has 1 heterocycles. The van der Waals surface area contributed by atoms with E-state index >= 15 is 0 Å². The second-order valence-electron chi connectivity index (χ2n) is 2.64. The van der Waals surface area contributed by atoms with Crippen molar-refractivity contribution in [3.05, 3.63) is 22.1 Å². The summed E-state index contributed by atoms with van der Waals surface area (Å²) in [6.45, 7) is 0.471. The van der Waals surface area contributed by atoms with Gasteiger partial charge in [-0.15, -0.1) is 0 Å². The monoisotopic (exact) mass is 183 g/mol. The van der Waals surface area contributed by atoms with Crippen LogP contribution in [0.2, 0.25) is 0 Å². The Morgan fingerprint density at radius 1 is 1.85 bits per heavy atom. The smallest absolute Gasteiger partial charge is 0.266 e. The van der Waals surface area contributed by atoms with Crippen LogP contribution in [0.25, 0.3) is 0 Å². The zero-order valence-corrected chi connectivity index (χ0v) is 7.66. The van der Waals surface area contributed by atoms with Gasteiger partial charge in [0.15, 0.2) is 5.96 Å². The predicted molar refractivity (Wildman–Crippen MR) is 50.4 cm³/mol. The second kappa shape index (κ2) is 3.79. The standard InChI is InChI=1S/C7H13N5O/c1-9-7(8)10-4-5-3-6(13)12(2)11-5/h3,11H,4H2,1-2H3,(H3,8,9,10). The molecule has 0 amide bonds. The van der Waals surface area contributed by atoms with Crippen molar-refractivity contribution in [2.45, 2.75) is 6.54 Å². The van der Waals surface area contributed by atoms with Gasteiger partial charge in [0.2, 0.25) is 0 Å². The van der Waals surface area contributed by atoms with Gasteiger partial charge in [-0.3, -0.25) is 19.6 Å². The maximum atomic E-state index is 11.0. The Labute approximate surface area is 75.4 Å². The summed E-state index contributed by atoms with van der Waals surface area (Å²) in [6, 6.07) is 1.51. The van der Waals surface area contributed by atoms with Crippen LogP contribution < -0.4 is 16.6 Å². The Morgan fingerprint density at radius 3 is 3.00 bits per heavy atom. The fourth-order valence-electron chi connectivity index (χ4n) is 0.904. The fourth-order valence-corrected chi connectivity index (χ4v) is 0.904. The summed E-state index contributed by atoms with van der Waals surface area (Å²) in [4.78, 5) is 14.7. The molecule has 0 saturated carbocycles. The van der Waals surface area contributed by atoms with E-state index in [2.05, 4.69) is 15.4 Å². The summed E-state index contributed by atoms with van der Waals surface area (Å²) in [5.74, 6) is 0.352. The van der Waals surface area contributed by atoms with E-state index in [1.54, 1.807) is 14.1 Å². The summed E-state index contributed by atoms with van der Waals surface area (Å²) in [5.41, 5.74) is 6.12. The first-order chi connectivity index (χ1) is 6.13. The largest absolute Gasteiger partial charge is 0.370 e. The lowest BCUT2D eigenvalue weighted by Gasteiger charge is -2.01. The summed E-state index contributed by atoms with van der Waals surface area (Å²) < 4.78 is 1.40. The minimum Gasteiger partial charge on any atom is -0.370 e. The molecule has 0 aliphatic rings. The van der Waals surface area contributed by atoms with Crippen LogP contribution in [0.1, 0.15) is 5.69 Å². The van der Waals surface area contributed by atoms with Gasteiger partial charge in [0.25, 0.3) is 5.56 Å². The first-order valence-corrected chi connectivity index (χ1v) is 3.84. The average molecular weight is 183 g/mol. The molecule has 0 fully saturated rings. The summed E-state index contributed by atoms with van der Waals surface area (Å²) >= 11 is 0. The van der Waals surface area contributed by atoms with E-state index in [-0.39, 0.29) is 5.56 Å². The van der Waals surface area contributed by atoms with Crippen LogP contribution in [0.15, 0.2) is 15.9 Å². The number of nitrogens with two attached hydrogens (primary N) is 1. The molecular weight excluding hydrogens is 170 g/mol. The molecule has 1 aromatic heterocycles. The molecule has 4 N–H and O–H groups in total. The maximum absolute atomic E-state index is 11.0. The van der Waals surface area contributed by atoms with Gasteiger partial charge in [0.1, 0.15) is 0 Å². The number of aromatic amines is 1. The lowest BCUT2D eigenvalue weighted by atomic mass is 10.4. The van der Waals surface area contributed by atoms with E-state index in [1.165, 1.54) is 10.7 Å². The van der Waals surface area contributed by atoms with Crippen molar-refractivity contribution in [3.63, 3.8) is 0 Å². The molecule has 0 saturated heterocycles. The van der Waals surface area contributed by atoms with Gasteiger partial charge in [-0.1, -0.05) is 0 Å². The molecule has 0 unspecified atom stereocenters. The molecule has 0 spiro atoms. The van der Waals surface area contributed by atoms with Crippen molar-refractivity contribution < 1.29 is 0 Å². The third-order valence-corrected chi connectivity index (χ3v) is 1.64. The van der Waals surface area contributed by atoms with Gasteiger partial charge in [0, 0.05) is 20.2 Å². The Kier molecular flexibility index (Phi) is 2.73. The summed E-state index contributed by atoms with van der Waals surface area (Å²) in [6.07, 6.45) is 0. The van der Waals surface area contributed by atoms with E-state index in [1.807, 2.05) is 0 Å². The number of hydrogen-bond acceptors (Lipinski definition) is 2. The van der Waals surface area contributed by atoms with E-state index in [0.717, 1.165) is 5.69 Å². The van der Waals surface area contributed by atoms with Gasteiger partial charge in [-0.25, -0.2) is 0 Å². The molecule has 0 aromatic carbocycles. The highest BCUT2D eigenvalue weighted by Gasteiger charge is 1.98. The Bertz CT molecular complexity index is 361. The van der Waals surface area contributed by atoms with Crippen LogP contribution in [0.4, 0.5) is 0 Å². The zero-order valence-electron chi connectivity index (χ0n) is 7.66. The summed E-state index contributed by atoms with van der Waals surface area (Å²) in [7, 11) is 3.25. The summed E-state index contributed by atoms with van der Waals surface area (Å²) in [5, 5.41) is 5.69. The molecule has 0 aliphatic heterocycles. The molecule has 0 bridgehead atoms. The molecule has 13 heavy (non-hydrogen) atoms. The highest BCUT2D eigenvalue weighted by molar-refractivity contribution is 5.77. The highest BCUT2D eigenvalue weighted by Crippen LogP contribution is 1.86. The van der Waals surface area contributed by atoms with Crippen LogP contribution in [0, 0.1) is 0 Å². The molecule has 0 atom stereocenters. The number of hydrogen-bond donors (Lipinski definition) is 3. The molecule has 1 rings (SSSR count). The number of H-pyrrole nitrogens is 1. The number of nitrogens with zero attached hydrogens (tertiary/aromatic N) is 2. The lowest BCUT2D eigenvalue weighted by molar-refractivity contribution is 0.710. The first-order valence-electron chi connectivity index (χ1n) is 3.84. The van der Waals surface area contributed by atoms with Crippen molar-refractivity contribution in [2.24, 2.45) is 17.8 Å². The SMILES string of the molecule is CN=C(N)NCc1cc(=O)n(C)[nH]1. The second-order valence-corrected chi connectivity index (χ2v) is 2.64. The topological polar surface area (TPSA) is 88.2 Å². The van der Waals surface area contributed by atoms with Gasteiger partial charge in [0.05, 0.1) is 12.2 Å². The van der Waals surface area contributed by atoms with Crippen LogP contribution >= 0.6 is 0 Å². The van der Waals surface area contributed by atoms with E-state index in [9.17, 15) is 4.79 Å². The van der Waals surface area contributed by atoms with Gasteiger partial charge in [-0.05, 0) is 0 Å². The minimum atomic E-state index is -0.0659. The number of aromatic nitrogens is 2. The van der Waals surface area contributed by atoms with E-state index in [4.69, 9.17) is 5.73 Å². The normalized spacial score (nSPS) is 11.7. The van der Waals surface area contributed by atoms with Crippen LogP contribution in [-0.2, 0) is 13.6 Å². The molecule has 0 radical (unpaired) electrons. The number of guanidine groups is 1. The van der Waals surface area contributed by atoms with Crippen molar-refractivity contribution in [1.82, 2.24) is 15.1 Å². The Balaban J connectivity index is 2.60. The minimum absolute atomic E-state index is 0.0659. The predicted octanol–water partition coefficient (Wildman–Crippen LogP) is -1.25. The average Bonchev–Trinajstić information content (AvgIpc) is 2.42. The Morgan fingerprint density at radius 2 is 2.54 bits per heavy atom. The molecule has 6 nitrogen and oxygen atoms in total. The van der Waals surface area contributed by atoms with Crippen molar-refractivity contribution >= 4 is 5.96 Å². The zero-order chi connectivity index (χ0) is 9.84. The molecular formula is C7H13N5O. The Hall–Kier alpha value is -1.72. The highest BCUT2D eigenvalue weighted by atomic mass is 16.1. The number of rotatable bonds is 2. The van der Waals surface area contributed by atoms with E-state index < -0.39 is 0 Å². The molecule has 72 valence electrons. The molecule has 0 aliphatic carbocycles. The third-order valence-electron chi connectivity index (χ3n) is 1.64. The molecule has 1 aromatic rings. The first kappa shape index (κ1) is 9.37. The maximum Gasteiger partial charge on any atom is 0.266 e. The third kappa shape index (κ3) is 2.36. The van der Waals surface area contributed by atoms with Gasteiger partial charge < -0.3 is 11.1 Å². The number of nitrogens with one attached hydrogen (secondary N) is 2.